The molecule has 2 aliphatic rings. The summed E-state index contributed by atoms with van der Waals surface area (Å²) < 4.78 is 0. The number of carbonyl (C=O) groups excluding carboxylic acids is 1. The third-order valence-corrected chi connectivity index (χ3v) is 4.50. The van der Waals surface area contributed by atoms with Crippen LogP contribution in [-0.2, 0) is 17.8 Å². The lowest BCUT2D eigenvalue weighted by molar-refractivity contribution is -0.133. The molecule has 1 aromatic heterocycles. The molecule has 0 spiro atoms. The number of hydrogen-bond acceptors (Lipinski definition) is 2. The Kier molecular flexibility index (Phi) is 3.00. The summed E-state index contributed by atoms with van der Waals surface area (Å²) in [6.45, 7) is 1.45. The first kappa shape index (κ1) is 12.9. The number of nitrogens with zero attached hydrogens (tertiary/aromatic N) is 2. The van der Waals surface area contributed by atoms with Crippen molar-refractivity contribution in [2.45, 2.75) is 25.8 Å². The predicted molar refractivity (Wildman–Crippen MR) is 80.9 cm³/mol. The molecule has 2 heterocycles. The topological polar surface area (TPSA) is 49.0 Å². The van der Waals surface area contributed by atoms with E-state index in [2.05, 4.69) is 10.2 Å². The number of amides is 1. The molecular weight excluding hydrogens is 286 g/mol. The molecule has 0 saturated heterocycles. The first-order chi connectivity index (χ1) is 10.2. The van der Waals surface area contributed by atoms with E-state index >= 15 is 0 Å². The summed E-state index contributed by atoms with van der Waals surface area (Å²) in [5.74, 6) is 0.576. The molecule has 0 bridgehead atoms. The molecule has 2 aromatic rings. The zero-order valence-electron chi connectivity index (χ0n) is 11.6. The van der Waals surface area contributed by atoms with E-state index in [1.807, 2.05) is 29.2 Å². The number of nitrogens with one attached hydrogen (secondary N) is 1. The van der Waals surface area contributed by atoms with Gasteiger partial charge < -0.3 is 4.90 Å². The molecule has 1 aliphatic heterocycles. The Morgan fingerprint density at radius 1 is 1.38 bits per heavy atom. The van der Waals surface area contributed by atoms with E-state index in [4.69, 9.17) is 11.6 Å². The number of H-pyrrole nitrogens is 1. The van der Waals surface area contributed by atoms with Gasteiger partial charge in [-0.25, -0.2) is 0 Å². The van der Waals surface area contributed by atoms with Gasteiger partial charge >= 0.3 is 0 Å². The van der Waals surface area contributed by atoms with Gasteiger partial charge in [-0.15, -0.1) is 0 Å². The van der Waals surface area contributed by atoms with Crippen LogP contribution >= 0.6 is 11.6 Å². The first-order valence-electron chi connectivity index (χ1n) is 7.33. The Balaban J connectivity index is 1.67. The van der Waals surface area contributed by atoms with Crippen molar-refractivity contribution in [2.75, 3.05) is 6.54 Å². The van der Waals surface area contributed by atoms with E-state index in [-0.39, 0.29) is 5.92 Å². The van der Waals surface area contributed by atoms with Crippen LogP contribution in [0.1, 0.15) is 24.1 Å². The van der Waals surface area contributed by atoms with E-state index in [9.17, 15) is 4.79 Å². The van der Waals surface area contributed by atoms with E-state index in [1.165, 1.54) is 0 Å². The molecule has 1 amide bonds. The van der Waals surface area contributed by atoms with E-state index in [0.29, 0.717) is 17.5 Å². The van der Waals surface area contributed by atoms with Crippen molar-refractivity contribution >= 4 is 17.5 Å². The van der Waals surface area contributed by atoms with Crippen molar-refractivity contribution in [3.8, 4) is 11.3 Å². The lowest BCUT2D eigenvalue weighted by atomic mass is 10.0. The van der Waals surface area contributed by atoms with E-state index in [1.54, 1.807) is 0 Å². The molecule has 1 aromatic carbocycles. The fourth-order valence-electron chi connectivity index (χ4n) is 2.95. The SMILES string of the molecule is O=C(C1CC1)N1CCc2[nH]nc(-c3cccc(Cl)c3)c2C1. The molecule has 1 N–H and O–H groups in total. The average Bonchev–Trinajstić information content (AvgIpc) is 3.25. The normalized spacial score (nSPS) is 17.7. The van der Waals surface area contributed by atoms with Gasteiger partial charge in [-0.3, -0.25) is 9.89 Å². The third kappa shape index (κ3) is 2.33. The second-order valence-corrected chi connectivity index (χ2v) is 6.26. The Labute approximate surface area is 128 Å². The van der Waals surface area contributed by atoms with Gasteiger partial charge in [0, 0.05) is 47.3 Å². The number of carbonyl (C=O) groups is 1. The van der Waals surface area contributed by atoms with Crippen molar-refractivity contribution in [1.82, 2.24) is 15.1 Å². The van der Waals surface area contributed by atoms with Gasteiger partial charge in [0.2, 0.25) is 5.91 Å². The summed E-state index contributed by atoms with van der Waals surface area (Å²) in [6.07, 6.45) is 2.95. The highest BCUT2D eigenvalue weighted by atomic mass is 35.5. The van der Waals surface area contributed by atoms with Gasteiger partial charge in [0.1, 0.15) is 0 Å². The Morgan fingerprint density at radius 2 is 2.24 bits per heavy atom. The maximum atomic E-state index is 12.3. The molecule has 1 aliphatic carbocycles. The maximum Gasteiger partial charge on any atom is 0.225 e. The van der Waals surface area contributed by atoms with Crippen molar-refractivity contribution in [3.05, 3.63) is 40.5 Å². The van der Waals surface area contributed by atoms with Crippen LogP contribution < -0.4 is 0 Å². The number of hydrogen-bond donors (Lipinski definition) is 1. The summed E-state index contributed by atoms with van der Waals surface area (Å²) in [6, 6.07) is 7.70. The van der Waals surface area contributed by atoms with Crippen molar-refractivity contribution < 1.29 is 4.79 Å². The molecular formula is C16H16ClN3O. The average molecular weight is 302 g/mol. The number of rotatable bonds is 2. The zero-order chi connectivity index (χ0) is 14.4. The molecule has 1 saturated carbocycles. The molecule has 4 nitrogen and oxygen atoms in total. The highest BCUT2D eigenvalue weighted by Gasteiger charge is 2.35. The molecule has 0 unspecified atom stereocenters. The second-order valence-electron chi connectivity index (χ2n) is 5.82. The largest absolute Gasteiger partial charge is 0.338 e. The van der Waals surface area contributed by atoms with Gasteiger partial charge in [-0.2, -0.15) is 5.10 Å². The minimum absolute atomic E-state index is 0.271. The van der Waals surface area contributed by atoms with Gasteiger partial charge in [-0.05, 0) is 25.0 Å². The molecule has 4 rings (SSSR count). The lowest BCUT2D eigenvalue weighted by Crippen LogP contribution is -2.36. The first-order valence-corrected chi connectivity index (χ1v) is 7.71. The predicted octanol–water partition coefficient (Wildman–Crippen LogP) is 3.02. The van der Waals surface area contributed by atoms with E-state index in [0.717, 1.165) is 48.3 Å². The van der Waals surface area contributed by atoms with Crippen LogP contribution in [-0.4, -0.2) is 27.5 Å². The van der Waals surface area contributed by atoms with Crippen molar-refractivity contribution in [2.24, 2.45) is 5.92 Å². The van der Waals surface area contributed by atoms with Crippen LogP contribution in [0.25, 0.3) is 11.3 Å². The highest BCUT2D eigenvalue weighted by Crippen LogP contribution is 2.34. The fraction of sp³-hybridized carbons (Fsp3) is 0.375. The van der Waals surface area contributed by atoms with Gasteiger partial charge in [-0.1, -0.05) is 23.7 Å². The van der Waals surface area contributed by atoms with Gasteiger partial charge in [0.15, 0.2) is 0 Å². The van der Waals surface area contributed by atoms with Crippen LogP contribution in [0, 0.1) is 5.92 Å². The fourth-order valence-corrected chi connectivity index (χ4v) is 3.14. The second kappa shape index (κ2) is 4.88. The zero-order valence-corrected chi connectivity index (χ0v) is 12.4. The summed E-state index contributed by atoms with van der Waals surface area (Å²) >= 11 is 6.07. The molecule has 5 heteroatoms. The van der Waals surface area contributed by atoms with Crippen molar-refractivity contribution in [1.29, 1.82) is 0 Å². The molecule has 0 radical (unpaired) electrons. The van der Waals surface area contributed by atoms with Crippen molar-refractivity contribution in [3.63, 3.8) is 0 Å². The van der Waals surface area contributed by atoms with Crippen LogP contribution in [0.5, 0.6) is 0 Å². The summed E-state index contributed by atoms with van der Waals surface area (Å²) in [7, 11) is 0. The van der Waals surface area contributed by atoms with Gasteiger partial charge in [0.25, 0.3) is 0 Å². The highest BCUT2D eigenvalue weighted by molar-refractivity contribution is 6.30. The Morgan fingerprint density at radius 3 is 3.00 bits per heavy atom. The number of aromatic amines is 1. The summed E-state index contributed by atoms with van der Waals surface area (Å²) in [5.41, 5.74) is 4.20. The van der Waals surface area contributed by atoms with Crippen LogP contribution in [0.4, 0.5) is 0 Å². The summed E-state index contributed by atoms with van der Waals surface area (Å²) in [5, 5.41) is 8.26. The number of halogens is 1. The lowest BCUT2D eigenvalue weighted by Gasteiger charge is -2.27. The Bertz CT molecular complexity index is 705. The third-order valence-electron chi connectivity index (χ3n) is 4.27. The molecule has 0 atom stereocenters. The summed E-state index contributed by atoms with van der Waals surface area (Å²) in [4.78, 5) is 14.2. The van der Waals surface area contributed by atoms with Crippen LogP contribution in [0.2, 0.25) is 5.02 Å². The molecule has 21 heavy (non-hydrogen) atoms. The van der Waals surface area contributed by atoms with Crippen LogP contribution in [0.15, 0.2) is 24.3 Å². The minimum Gasteiger partial charge on any atom is -0.338 e. The monoisotopic (exact) mass is 301 g/mol. The smallest absolute Gasteiger partial charge is 0.225 e. The maximum absolute atomic E-state index is 12.3. The standard InChI is InChI=1S/C16H16ClN3O/c17-12-3-1-2-11(8-12)15-13-9-20(16(21)10-4-5-10)7-6-14(13)18-19-15/h1-3,8,10H,4-7,9H2,(H,18,19). The number of fused-ring (bicyclic) bond motifs is 1. The Hall–Kier alpha value is -1.81. The minimum atomic E-state index is 0.271. The number of aromatic nitrogens is 2. The number of benzene rings is 1. The van der Waals surface area contributed by atoms with Gasteiger partial charge in [0.05, 0.1) is 5.69 Å². The quantitative estimate of drug-likeness (QED) is 0.927. The van der Waals surface area contributed by atoms with E-state index < -0.39 is 0 Å². The molecule has 1 fully saturated rings. The van der Waals surface area contributed by atoms with Crippen LogP contribution in [0.3, 0.4) is 0 Å². The molecule has 108 valence electrons.